The first-order chi connectivity index (χ1) is 15.8. The molecule has 0 aliphatic carbocycles. The molecule has 1 amide bonds. The number of benzene rings is 3. The largest absolute Gasteiger partial charge is 0.481 e. The maximum absolute atomic E-state index is 13.7. The summed E-state index contributed by atoms with van der Waals surface area (Å²) in [5.41, 5.74) is 5.24. The van der Waals surface area contributed by atoms with E-state index in [1.54, 1.807) is 30.3 Å². The number of rotatable bonds is 7. The molecule has 3 aromatic carbocycles. The predicted octanol–water partition coefficient (Wildman–Crippen LogP) is 4.45. The molecular weight excluding hydrogens is 421 g/mol. The molecule has 3 aromatic rings. The summed E-state index contributed by atoms with van der Waals surface area (Å²) in [4.78, 5) is 26.1. The van der Waals surface area contributed by atoms with E-state index in [0.29, 0.717) is 33.6 Å². The molecule has 3 N–H and O–H groups in total. The van der Waals surface area contributed by atoms with Gasteiger partial charge in [0.25, 0.3) is 5.91 Å². The summed E-state index contributed by atoms with van der Waals surface area (Å²) < 4.78 is 13.7. The number of carboxylic acid groups (broad SMARTS) is 1. The molecule has 0 atom stereocenters. The molecule has 0 fully saturated rings. The van der Waals surface area contributed by atoms with E-state index in [4.69, 9.17) is 5.11 Å². The molecule has 1 aliphatic rings. The van der Waals surface area contributed by atoms with Crippen molar-refractivity contribution in [1.29, 1.82) is 0 Å². The Morgan fingerprint density at radius 2 is 1.79 bits per heavy atom. The lowest BCUT2D eigenvalue weighted by Crippen LogP contribution is -2.12. The van der Waals surface area contributed by atoms with E-state index in [2.05, 4.69) is 15.5 Å². The lowest BCUT2D eigenvalue weighted by Gasteiger charge is -2.17. The van der Waals surface area contributed by atoms with Gasteiger partial charge in [0, 0.05) is 17.8 Å². The van der Waals surface area contributed by atoms with E-state index >= 15 is 0 Å². The van der Waals surface area contributed by atoms with Gasteiger partial charge in [0.1, 0.15) is 5.82 Å². The first kappa shape index (κ1) is 22.2. The van der Waals surface area contributed by atoms with Crippen molar-refractivity contribution in [3.05, 3.63) is 94.8 Å². The second-order valence-electron chi connectivity index (χ2n) is 8.22. The first-order valence-corrected chi connectivity index (χ1v) is 10.5. The second kappa shape index (κ2) is 9.26. The van der Waals surface area contributed by atoms with Crippen LogP contribution < -0.4 is 10.6 Å². The average molecular weight is 445 g/mol. The maximum Gasteiger partial charge on any atom is 0.307 e. The lowest BCUT2D eigenvalue weighted by atomic mass is 9.98. The summed E-state index contributed by atoms with van der Waals surface area (Å²) in [7, 11) is 3.98. The zero-order valence-electron chi connectivity index (χ0n) is 18.4. The quantitative estimate of drug-likeness (QED) is 0.468. The van der Waals surface area contributed by atoms with Gasteiger partial charge < -0.3 is 20.6 Å². The fourth-order valence-corrected chi connectivity index (χ4v) is 3.89. The SMILES string of the molecule is CN(C)Cc1cccc(NC(=C2C(=O)Nc3cc(F)ccc32)c2ccc(CC(=O)O)cc2)c1. The number of hydrogen-bond donors (Lipinski definition) is 3. The van der Waals surface area contributed by atoms with Gasteiger partial charge in [0.05, 0.1) is 23.4 Å². The minimum atomic E-state index is -0.914. The third-order valence-corrected chi connectivity index (χ3v) is 5.27. The highest BCUT2D eigenvalue weighted by Gasteiger charge is 2.29. The molecule has 1 heterocycles. The molecule has 33 heavy (non-hydrogen) atoms. The van der Waals surface area contributed by atoms with Gasteiger partial charge in [-0.2, -0.15) is 0 Å². The molecule has 7 heteroatoms. The van der Waals surface area contributed by atoms with E-state index in [1.165, 1.54) is 12.1 Å². The molecule has 1 aliphatic heterocycles. The minimum Gasteiger partial charge on any atom is -0.481 e. The Morgan fingerprint density at radius 1 is 1.03 bits per heavy atom. The van der Waals surface area contributed by atoms with E-state index in [9.17, 15) is 14.0 Å². The van der Waals surface area contributed by atoms with Crippen LogP contribution in [0.4, 0.5) is 15.8 Å². The number of carboxylic acids is 1. The van der Waals surface area contributed by atoms with Gasteiger partial charge in [-0.15, -0.1) is 0 Å². The Balaban J connectivity index is 1.81. The van der Waals surface area contributed by atoms with Gasteiger partial charge in [0.2, 0.25) is 0 Å². The number of fused-ring (bicyclic) bond motifs is 1. The second-order valence-corrected chi connectivity index (χ2v) is 8.22. The summed E-state index contributed by atoms with van der Waals surface area (Å²) >= 11 is 0. The number of carbonyl (C=O) groups is 2. The van der Waals surface area contributed by atoms with Crippen LogP contribution in [0.5, 0.6) is 0 Å². The number of aliphatic carboxylic acids is 1. The van der Waals surface area contributed by atoms with Crippen LogP contribution in [0.15, 0.2) is 66.7 Å². The van der Waals surface area contributed by atoms with E-state index in [-0.39, 0.29) is 12.3 Å². The third kappa shape index (κ3) is 5.10. The summed E-state index contributed by atoms with van der Waals surface area (Å²) in [6.07, 6.45) is -0.0885. The summed E-state index contributed by atoms with van der Waals surface area (Å²) in [5.74, 6) is -1.68. The number of carbonyl (C=O) groups excluding carboxylic acids is 1. The van der Waals surface area contributed by atoms with E-state index in [1.807, 2.05) is 38.4 Å². The topological polar surface area (TPSA) is 81.7 Å². The Hall–Kier alpha value is -3.97. The van der Waals surface area contributed by atoms with Gasteiger partial charge in [-0.1, -0.05) is 36.4 Å². The number of nitrogens with one attached hydrogen (secondary N) is 2. The Morgan fingerprint density at radius 3 is 2.48 bits per heavy atom. The molecular formula is C26H24FN3O3. The Labute approximate surface area is 191 Å². The van der Waals surface area contributed by atoms with Crippen molar-refractivity contribution in [3.8, 4) is 0 Å². The standard InChI is InChI=1S/C26H24FN3O3/c1-30(2)15-17-4-3-5-20(12-17)28-25(18-8-6-16(7-9-18)13-23(31)32)24-21-11-10-19(27)14-22(21)29-26(24)33/h3-12,14,28H,13,15H2,1-2H3,(H,29,33)(H,31,32). The average Bonchev–Trinajstić information content (AvgIpc) is 3.06. The van der Waals surface area contributed by atoms with Crippen molar-refractivity contribution in [2.24, 2.45) is 0 Å². The van der Waals surface area contributed by atoms with Gasteiger partial charge in [-0.05, 0) is 61.1 Å². The van der Waals surface area contributed by atoms with Crippen molar-refractivity contribution in [1.82, 2.24) is 4.90 Å². The zero-order chi connectivity index (χ0) is 23.5. The number of anilines is 2. The molecule has 0 saturated heterocycles. The van der Waals surface area contributed by atoms with Crippen molar-refractivity contribution in [3.63, 3.8) is 0 Å². The molecule has 168 valence electrons. The summed E-state index contributed by atoms with van der Waals surface area (Å²) in [6, 6.07) is 19.1. The summed E-state index contributed by atoms with van der Waals surface area (Å²) in [5, 5.41) is 15.2. The molecule has 0 spiro atoms. The highest BCUT2D eigenvalue weighted by molar-refractivity contribution is 6.37. The number of amides is 1. The van der Waals surface area contributed by atoms with Crippen LogP contribution in [0.2, 0.25) is 0 Å². The molecule has 0 aromatic heterocycles. The first-order valence-electron chi connectivity index (χ1n) is 10.5. The predicted molar refractivity (Wildman–Crippen MR) is 127 cm³/mol. The molecule has 0 bridgehead atoms. The smallest absolute Gasteiger partial charge is 0.307 e. The third-order valence-electron chi connectivity index (χ3n) is 5.27. The van der Waals surface area contributed by atoms with Crippen LogP contribution >= 0.6 is 0 Å². The molecule has 0 saturated carbocycles. The van der Waals surface area contributed by atoms with Crippen molar-refractivity contribution in [2.45, 2.75) is 13.0 Å². The van der Waals surface area contributed by atoms with Crippen LogP contribution in [0.25, 0.3) is 11.3 Å². The van der Waals surface area contributed by atoms with Crippen LogP contribution in [0.1, 0.15) is 22.3 Å². The van der Waals surface area contributed by atoms with Gasteiger partial charge in [0.15, 0.2) is 0 Å². The normalized spacial score (nSPS) is 14.1. The maximum atomic E-state index is 13.7. The number of halogens is 1. The number of hydrogen-bond acceptors (Lipinski definition) is 4. The fraction of sp³-hybridized carbons (Fsp3) is 0.154. The van der Waals surface area contributed by atoms with Crippen LogP contribution in [-0.4, -0.2) is 36.0 Å². The fourth-order valence-electron chi connectivity index (χ4n) is 3.89. The zero-order valence-corrected chi connectivity index (χ0v) is 18.4. The van der Waals surface area contributed by atoms with Crippen molar-refractivity contribution < 1.29 is 19.1 Å². The molecule has 0 unspecified atom stereocenters. The molecule has 0 radical (unpaired) electrons. The van der Waals surface area contributed by atoms with Crippen LogP contribution in [0.3, 0.4) is 0 Å². The number of nitrogens with zero attached hydrogens (tertiary/aromatic N) is 1. The monoisotopic (exact) mass is 445 g/mol. The molecule has 4 rings (SSSR count). The lowest BCUT2D eigenvalue weighted by molar-refractivity contribution is -0.136. The van der Waals surface area contributed by atoms with Gasteiger partial charge in [-0.25, -0.2) is 4.39 Å². The van der Waals surface area contributed by atoms with Crippen molar-refractivity contribution >= 4 is 34.5 Å². The highest BCUT2D eigenvalue weighted by atomic mass is 19.1. The Bertz CT molecular complexity index is 1250. The summed E-state index contributed by atoms with van der Waals surface area (Å²) in [6.45, 7) is 0.758. The molecule has 6 nitrogen and oxygen atoms in total. The van der Waals surface area contributed by atoms with Gasteiger partial charge in [-0.3, -0.25) is 9.59 Å². The Kier molecular flexibility index (Phi) is 6.24. The van der Waals surface area contributed by atoms with E-state index in [0.717, 1.165) is 17.8 Å². The van der Waals surface area contributed by atoms with Crippen molar-refractivity contribution in [2.75, 3.05) is 24.7 Å². The minimum absolute atomic E-state index is 0.0885. The van der Waals surface area contributed by atoms with E-state index < -0.39 is 11.8 Å². The van der Waals surface area contributed by atoms with Gasteiger partial charge >= 0.3 is 5.97 Å². The van der Waals surface area contributed by atoms with Crippen LogP contribution in [-0.2, 0) is 22.6 Å². The highest BCUT2D eigenvalue weighted by Crippen LogP contribution is 2.38. The van der Waals surface area contributed by atoms with Crippen LogP contribution in [0, 0.1) is 5.82 Å².